The van der Waals surface area contributed by atoms with Gasteiger partial charge in [0, 0.05) is 13.2 Å². The molecule has 2 nitrogen and oxygen atoms in total. The summed E-state index contributed by atoms with van der Waals surface area (Å²) in [6, 6.07) is 0. The fourth-order valence-corrected chi connectivity index (χ4v) is 1.88. The van der Waals surface area contributed by atoms with Crippen LogP contribution in [0.5, 0.6) is 0 Å². The summed E-state index contributed by atoms with van der Waals surface area (Å²) in [6.07, 6.45) is 5.38. The fraction of sp³-hybridized carbons (Fsp3) is 1.00. The van der Waals surface area contributed by atoms with E-state index in [1.807, 2.05) is 0 Å². The minimum atomic E-state index is 0.251. The molecule has 0 fully saturated rings. The number of hydrogen-bond donors (Lipinski definition) is 2. The summed E-state index contributed by atoms with van der Waals surface area (Å²) in [5.74, 6) is 0.902. The van der Waals surface area contributed by atoms with Gasteiger partial charge in [0.1, 0.15) is 0 Å². The van der Waals surface area contributed by atoms with Gasteiger partial charge in [0.25, 0.3) is 0 Å². The van der Waals surface area contributed by atoms with Crippen molar-refractivity contribution in [2.45, 2.75) is 46.0 Å². The predicted molar refractivity (Wildman–Crippen MR) is 55.6 cm³/mol. The van der Waals surface area contributed by atoms with E-state index in [1.165, 1.54) is 12.8 Å². The van der Waals surface area contributed by atoms with E-state index in [1.54, 1.807) is 0 Å². The zero-order valence-electron chi connectivity index (χ0n) is 9.00. The molecule has 2 unspecified atom stereocenters. The molecule has 0 rings (SSSR count). The summed E-state index contributed by atoms with van der Waals surface area (Å²) in [5, 5.41) is 18.1. The first-order valence-corrected chi connectivity index (χ1v) is 5.51. The molecule has 0 bridgehead atoms. The lowest BCUT2D eigenvalue weighted by Crippen LogP contribution is -2.19. The lowest BCUT2D eigenvalue weighted by Gasteiger charge is -2.23. The minimum Gasteiger partial charge on any atom is -0.396 e. The molecule has 2 atom stereocenters. The highest BCUT2D eigenvalue weighted by molar-refractivity contribution is 4.68. The molecule has 0 aliphatic rings. The largest absolute Gasteiger partial charge is 0.396 e. The molecule has 0 spiro atoms. The fourth-order valence-electron chi connectivity index (χ4n) is 1.88. The van der Waals surface area contributed by atoms with Gasteiger partial charge in [0.15, 0.2) is 0 Å². The molecule has 2 N–H and O–H groups in total. The zero-order chi connectivity index (χ0) is 10.1. The Morgan fingerprint density at radius 1 is 1.00 bits per heavy atom. The third kappa shape index (κ3) is 5.27. The monoisotopic (exact) mass is 188 g/mol. The molecule has 0 saturated carbocycles. The van der Waals surface area contributed by atoms with Crippen LogP contribution in [0.2, 0.25) is 0 Å². The third-order valence-electron chi connectivity index (χ3n) is 2.85. The van der Waals surface area contributed by atoms with Crippen molar-refractivity contribution in [2.75, 3.05) is 13.2 Å². The Balaban J connectivity index is 3.84. The van der Waals surface area contributed by atoms with Crippen molar-refractivity contribution in [3.05, 3.63) is 0 Å². The van der Waals surface area contributed by atoms with Crippen molar-refractivity contribution in [3.63, 3.8) is 0 Å². The van der Waals surface area contributed by atoms with Crippen LogP contribution in [0.1, 0.15) is 46.0 Å². The molecule has 0 amide bonds. The summed E-state index contributed by atoms with van der Waals surface area (Å²) in [5.41, 5.74) is 0. The minimum absolute atomic E-state index is 0.251. The lowest BCUT2D eigenvalue weighted by atomic mass is 9.84. The molecule has 13 heavy (non-hydrogen) atoms. The number of hydrogen-bond acceptors (Lipinski definition) is 2. The maximum absolute atomic E-state index is 9.20. The van der Waals surface area contributed by atoms with E-state index in [0.29, 0.717) is 11.8 Å². The van der Waals surface area contributed by atoms with Crippen LogP contribution in [0.15, 0.2) is 0 Å². The average molecular weight is 188 g/mol. The first kappa shape index (κ1) is 12.9. The van der Waals surface area contributed by atoms with Crippen LogP contribution in [0.25, 0.3) is 0 Å². The van der Waals surface area contributed by atoms with E-state index >= 15 is 0 Å². The molecule has 2 heteroatoms. The van der Waals surface area contributed by atoms with E-state index in [4.69, 9.17) is 5.11 Å². The Morgan fingerprint density at radius 3 is 2.08 bits per heavy atom. The molecule has 0 aromatic heterocycles. The van der Waals surface area contributed by atoms with Gasteiger partial charge in [-0.15, -0.1) is 0 Å². The smallest absolute Gasteiger partial charge is 0.0461 e. The van der Waals surface area contributed by atoms with E-state index in [9.17, 15) is 5.11 Å². The molecule has 0 aliphatic heterocycles. The summed E-state index contributed by atoms with van der Waals surface area (Å²) in [7, 11) is 0. The second kappa shape index (κ2) is 8.52. The second-order valence-electron chi connectivity index (χ2n) is 3.77. The molecule has 0 radical (unpaired) electrons. The lowest BCUT2D eigenvalue weighted by molar-refractivity contribution is 0.136. The van der Waals surface area contributed by atoms with Gasteiger partial charge >= 0.3 is 0 Å². The van der Waals surface area contributed by atoms with Gasteiger partial charge in [-0.25, -0.2) is 0 Å². The zero-order valence-corrected chi connectivity index (χ0v) is 9.00. The van der Waals surface area contributed by atoms with Gasteiger partial charge in [-0.05, 0) is 24.7 Å². The number of aliphatic hydroxyl groups is 2. The topological polar surface area (TPSA) is 40.5 Å². The standard InChI is InChI=1S/C11H24O2/c1-3-5-6-11(9-13)10(4-2)7-8-12/h10-13H,3-9H2,1-2H3. The van der Waals surface area contributed by atoms with Crippen LogP contribution in [-0.4, -0.2) is 23.4 Å². The maximum atomic E-state index is 9.20. The molecule has 0 heterocycles. The predicted octanol–water partition coefficient (Wildman–Crippen LogP) is 2.19. The highest BCUT2D eigenvalue weighted by Crippen LogP contribution is 2.24. The summed E-state index contributed by atoms with van der Waals surface area (Å²) < 4.78 is 0. The molecule has 0 aliphatic carbocycles. The quantitative estimate of drug-likeness (QED) is 0.613. The van der Waals surface area contributed by atoms with Crippen molar-refractivity contribution in [1.29, 1.82) is 0 Å². The Kier molecular flexibility index (Phi) is 8.46. The number of aliphatic hydroxyl groups excluding tert-OH is 2. The highest BCUT2D eigenvalue weighted by atomic mass is 16.3. The van der Waals surface area contributed by atoms with Crippen LogP contribution < -0.4 is 0 Å². The van der Waals surface area contributed by atoms with Crippen LogP contribution in [0.3, 0.4) is 0 Å². The molecule has 80 valence electrons. The van der Waals surface area contributed by atoms with E-state index in [-0.39, 0.29) is 13.2 Å². The van der Waals surface area contributed by atoms with Gasteiger partial charge in [-0.1, -0.05) is 33.1 Å². The van der Waals surface area contributed by atoms with Crippen molar-refractivity contribution in [1.82, 2.24) is 0 Å². The second-order valence-corrected chi connectivity index (χ2v) is 3.77. The summed E-state index contributed by atoms with van der Waals surface area (Å²) >= 11 is 0. The van der Waals surface area contributed by atoms with Crippen molar-refractivity contribution in [2.24, 2.45) is 11.8 Å². The van der Waals surface area contributed by atoms with Gasteiger partial charge in [-0.2, -0.15) is 0 Å². The molecule has 0 saturated heterocycles. The number of rotatable bonds is 8. The van der Waals surface area contributed by atoms with Crippen molar-refractivity contribution >= 4 is 0 Å². The van der Waals surface area contributed by atoms with Crippen molar-refractivity contribution in [3.8, 4) is 0 Å². The van der Waals surface area contributed by atoms with E-state index in [0.717, 1.165) is 19.3 Å². The molecule has 0 aromatic rings. The Bertz CT molecular complexity index is 104. The average Bonchev–Trinajstić information content (AvgIpc) is 2.17. The first-order chi connectivity index (χ1) is 6.29. The summed E-state index contributed by atoms with van der Waals surface area (Å²) in [4.78, 5) is 0. The van der Waals surface area contributed by atoms with Crippen LogP contribution in [-0.2, 0) is 0 Å². The number of unbranched alkanes of at least 4 members (excludes halogenated alkanes) is 1. The molecular formula is C11H24O2. The van der Waals surface area contributed by atoms with Gasteiger partial charge in [0.2, 0.25) is 0 Å². The van der Waals surface area contributed by atoms with Gasteiger partial charge < -0.3 is 10.2 Å². The first-order valence-electron chi connectivity index (χ1n) is 5.51. The Labute approximate surface area is 82.0 Å². The maximum Gasteiger partial charge on any atom is 0.0461 e. The molecular weight excluding hydrogens is 164 g/mol. The van der Waals surface area contributed by atoms with Crippen LogP contribution >= 0.6 is 0 Å². The Morgan fingerprint density at radius 2 is 1.69 bits per heavy atom. The van der Waals surface area contributed by atoms with Crippen LogP contribution in [0.4, 0.5) is 0 Å². The highest BCUT2D eigenvalue weighted by Gasteiger charge is 2.17. The Hall–Kier alpha value is -0.0800. The van der Waals surface area contributed by atoms with Crippen LogP contribution in [0, 0.1) is 11.8 Å². The molecule has 0 aromatic carbocycles. The van der Waals surface area contributed by atoms with E-state index < -0.39 is 0 Å². The normalized spacial score (nSPS) is 15.7. The van der Waals surface area contributed by atoms with Gasteiger partial charge in [-0.3, -0.25) is 0 Å². The SMILES string of the molecule is CCCCC(CO)C(CC)CCO. The van der Waals surface area contributed by atoms with Crippen molar-refractivity contribution < 1.29 is 10.2 Å². The third-order valence-corrected chi connectivity index (χ3v) is 2.85. The summed E-state index contributed by atoms with van der Waals surface area (Å²) in [6.45, 7) is 4.83. The van der Waals surface area contributed by atoms with E-state index in [2.05, 4.69) is 13.8 Å². The van der Waals surface area contributed by atoms with Gasteiger partial charge in [0.05, 0.1) is 0 Å².